The van der Waals surface area contributed by atoms with Crippen LogP contribution >= 0.6 is 0 Å². The van der Waals surface area contributed by atoms with Gasteiger partial charge in [0.15, 0.2) is 5.69 Å². The lowest BCUT2D eigenvalue weighted by atomic mass is 10.1. The number of carbonyl (C=O) groups is 1. The first-order chi connectivity index (χ1) is 9.81. The summed E-state index contributed by atoms with van der Waals surface area (Å²) in [5, 5.41) is 9.53. The molecule has 0 fully saturated rings. The molecule has 0 saturated heterocycles. The van der Waals surface area contributed by atoms with E-state index in [9.17, 15) is 18.0 Å². The van der Waals surface area contributed by atoms with E-state index in [-0.39, 0.29) is 22.7 Å². The van der Waals surface area contributed by atoms with Gasteiger partial charge in [0.25, 0.3) is 5.91 Å². The second-order valence-corrected chi connectivity index (χ2v) is 3.79. The van der Waals surface area contributed by atoms with Gasteiger partial charge in [-0.2, -0.15) is 15.4 Å². The van der Waals surface area contributed by atoms with E-state index in [1.54, 1.807) is 0 Å². The fourth-order valence-corrected chi connectivity index (χ4v) is 1.65. The van der Waals surface area contributed by atoms with Gasteiger partial charge in [0, 0.05) is 11.6 Å². The Hall–Kier alpha value is -2.78. The van der Waals surface area contributed by atoms with Crippen LogP contribution in [-0.4, -0.2) is 34.8 Å². The molecule has 0 unspecified atom stereocenters. The number of H-pyrrole nitrogens is 1. The molecule has 112 valence electrons. The van der Waals surface area contributed by atoms with Crippen LogP contribution in [0.1, 0.15) is 10.5 Å². The zero-order valence-corrected chi connectivity index (χ0v) is 10.6. The Kier molecular flexibility index (Phi) is 3.70. The summed E-state index contributed by atoms with van der Waals surface area (Å²) in [7, 11) is 1.25. The van der Waals surface area contributed by atoms with Gasteiger partial charge in [0.2, 0.25) is 0 Å². The number of aromatic nitrogens is 3. The fourth-order valence-electron chi connectivity index (χ4n) is 1.65. The summed E-state index contributed by atoms with van der Waals surface area (Å²) >= 11 is 0. The maximum Gasteiger partial charge on any atom is 0.573 e. The fraction of sp³-hybridized carbons (Fsp3) is 0.182. The first-order valence-corrected chi connectivity index (χ1v) is 5.46. The highest BCUT2D eigenvalue weighted by Crippen LogP contribution is 2.35. The van der Waals surface area contributed by atoms with Crippen molar-refractivity contribution in [2.75, 3.05) is 7.11 Å². The molecule has 1 amide bonds. The second-order valence-electron chi connectivity index (χ2n) is 3.79. The number of carbonyl (C=O) groups excluding carboxylic acids is 1. The Bertz CT molecular complexity index is 669. The van der Waals surface area contributed by atoms with E-state index in [0.717, 1.165) is 12.1 Å². The third kappa shape index (κ3) is 3.22. The summed E-state index contributed by atoms with van der Waals surface area (Å²) in [6.07, 6.45) is -4.82. The highest BCUT2D eigenvalue weighted by molar-refractivity contribution is 5.97. The molecular formula is C11H9F3N4O3. The van der Waals surface area contributed by atoms with Crippen molar-refractivity contribution in [3.8, 4) is 22.8 Å². The maximum absolute atomic E-state index is 12.2. The molecule has 0 aliphatic carbocycles. The number of benzene rings is 1. The van der Waals surface area contributed by atoms with E-state index in [1.807, 2.05) is 0 Å². The smallest absolute Gasteiger partial charge is 0.496 e. The van der Waals surface area contributed by atoms with E-state index in [4.69, 9.17) is 10.5 Å². The first-order valence-electron chi connectivity index (χ1n) is 5.46. The average molecular weight is 302 g/mol. The number of nitrogens with zero attached hydrogens (tertiary/aromatic N) is 2. The molecule has 0 aliphatic rings. The highest BCUT2D eigenvalue weighted by atomic mass is 19.4. The summed E-state index contributed by atoms with van der Waals surface area (Å²) in [6.45, 7) is 0. The predicted octanol–water partition coefficient (Wildman–Crippen LogP) is 1.48. The minimum absolute atomic E-state index is 0.0214. The number of ether oxygens (including phenoxy) is 2. The highest BCUT2D eigenvalue weighted by Gasteiger charge is 2.31. The first kappa shape index (κ1) is 14.6. The molecule has 0 spiro atoms. The number of nitrogens with two attached hydrogens (primary N) is 1. The standard InChI is InChI=1S/C11H9F3N4O3/c1-20-7-4-5(21-11(12,13)14)2-3-6(7)8-9(10(15)19)17-18-16-8/h2-4H,1H3,(H2,15,19)(H,16,17,18). The number of nitrogens with one attached hydrogen (secondary N) is 1. The monoisotopic (exact) mass is 302 g/mol. The van der Waals surface area contributed by atoms with Gasteiger partial charge >= 0.3 is 6.36 Å². The van der Waals surface area contributed by atoms with Crippen LogP contribution in [0, 0.1) is 0 Å². The van der Waals surface area contributed by atoms with E-state index >= 15 is 0 Å². The lowest BCUT2D eigenvalue weighted by Crippen LogP contribution is -2.17. The van der Waals surface area contributed by atoms with Gasteiger partial charge in [0.1, 0.15) is 17.2 Å². The number of hydrogen-bond acceptors (Lipinski definition) is 5. The Morgan fingerprint density at radius 2 is 2.05 bits per heavy atom. The van der Waals surface area contributed by atoms with Gasteiger partial charge in [-0.05, 0) is 12.1 Å². The van der Waals surface area contributed by atoms with Crippen molar-refractivity contribution < 1.29 is 27.4 Å². The summed E-state index contributed by atoms with van der Waals surface area (Å²) in [5.74, 6) is -1.28. The van der Waals surface area contributed by atoms with E-state index in [0.29, 0.717) is 0 Å². The number of amides is 1. The van der Waals surface area contributed by atoms with Crippen LogP contribution in [0.25, 0.3) is 11.3 Å². The zero-order valence-electron chi connectivity index (χ0n) is 10.6. The Morgan fingerprint density at radius 1 is 1.33 bits per heavy atom. The van der Waals surface area contributed by atoms with Crippen molar-refractivity contribution in [3.63, 3.8) is 0 Å². The van der Waals surface area contributed by atoms with Crippen LogP contribution < -0.4 is 15.2 Å². The Morgan fingerprint density at radius 3 is 2.62 bits per heavy atom. The predicted molar refractivity (Wildman–Crippen MR) is 63.6 cm³/mol. The summed E-state index contributed by atoms with van der Waals surface area (Å²) < 4.78 is 45.3. The Labute approximate surface area is 115 Å². The van der Waals surface area contributed by atoms with Crippen molar-refractivity contribution in [1.82, 2.24) is 15.4 Å². The van der Waals surface area contributed by atoms with Crippen molar-refractivity contribution in [2.45, 2.75) is 6.36 Å². The molecule has 21 heavy (non-hydrogen) atoms. The summed E-state index contributed by atoms with van der Waals surface area (Å²) in [4.78, 5) is 11.2. The zero-order chi connectivity index (χ0) is 15.6. The molecule has 1 aromatic heterocycles. The quantitative estimate of drug-likeness (QED) is 0.890. The van der Waals surface area contributed by atoms with Crippen LogP contribution in [0.3, 0.4) is 0 Å². The molecule has 0 radical (unpaired) electrons. The van der Waals surface area contributed by atoms with Crippen molar-refractivity contribution in [1.29, 1.82) is 0 Å². The van der Waals surface area contributed by atoms with Gasteiger partial charge in [-0.1, -0.05) is 0 Å². The van der Waals surface area contributed by atoms with Crippen molar-refractivity contribution in [2.24, 2.45) is 5.73 Å². The van der Waals surface area contributed by atoms with Crippen molar-refractivity contribution >= 4 is 5.91 Å². The molecule has 2 aromatic rings. The van der Waals surface area contributed by atoms with Crippen molar-refractivity contribution in [3.05, 3.63) is 23.9 Å². The van der Waals surface area contributed by atoms with Crippen LogP contribution in [0.4, 0.5) is 13.2 Å². The normalized spacial score (nSPS) is 11.2. The number of hydrogen-bond donors (Lipinski definition) is 2. The molecule has 1 heterocycles. The van der Waals surface area contributed by atoms with Crippen LogP contribution in [0.2, 0.25) is 0 Å². The minimum atomic E-state index is -4.82. The van der Waals surface area contributed by atoms with E-state index in [2.05, 4.69) is 20.1 Å². The molecule has 10 heteroatoms. The molecule has 0 saturated carbocycles. The number of primary amides is 1. The van der Waals surface area contributed by atoms with Crippen LogP contribution in [0.5, 0.6) is 11.5 Å². The number of halogens is 3. The molecule has 0 aliphatic heterocycles. The second kappa shape index (κ2) is 5.31. The molecule has 0 atom stereocenters. The SMILES string of the molecule is COc1cc(OC(F)(F)F)ccc1-c1n[nH]nc1C(N)=O. The molecule has 2 rings (SSSR count). The summed E-state index contributed by atoms with van der Waals surface area (Å²) in [6, 6.07) is 3.33. The largest absolute Gasteiger partial charge is 0.573 e. The van der Waals surface area contributed by atoms with Gasteiger partial charge in [0.05, 0.1) is 7.11 Å². The van der Waals surface area contributed by atoms with Gasteiger partial charge in [-0.3, -0.25) is 4.79 Å². The number of aromatic amines is 1. The Balaban J connectivity index is 2.45. The number of alkyl halides is 3. The topological polar surface area (TPSA) is 103 Å². The number of rotatable bonds is 4. The third-order valence-corrected chi connectivity index (χ3v) is 2.44. The summed E-state index contributed by atoms with van der Waals surface area (Å²) in [5.41, 5.74) is 5.28. The van der Waals surface area contributed by atoms with Gasteiger partial charge < -0.3 is 15.2 Å². The molecule has 7 nitrogen and oxygen atoms in total. The van der Waals surface area contributed by atoms with Gasteiger partial charge in [-0.15, -0.1) is 13.2 Å². The number of methoxy groups -OCH3 is 1. The molecular weight excluding hydrogens is 293 g/mol. The lowest BCUT2D eigenvalue weighted by Gasteiger charge is -2.12. The van der Waals surface area contributed by atoms with Crippen LogP contribution in [0.15, 0.2) is 18.2 Å². The van der Waals surface area contributed by atoms with Crippen LogP contribution in [-0.2, 0) is 0 Å². The lowest BCUT2D eigenvalue weighted by molar-refractivity contribution is -0.274. The molecule has 3 N–H and O–H groups in total. The maximum atomic E-state index is 12.2. The molecule has 1 aromatic carbocycles. The van der Waals surface area contributed by atoms with Gasteiger partial charge in [-0.25, -0.2) is 0 Å². The van der Waals surface area contributed by atoms with E-state index in [1.165, 1.54) is 13.2 Å². The van der Waals surface area contributed by atoms with E-state index < -0.39 is 18.0 Å². The minimum Gasteiger partial charge on any atom is -0.496 e. The average Bonchev–Trinajstić information content (AvgIpc) is 2.85. The molecule has 0 bridgehead atoms. The third-order valence-electron chi connectivity index (χ3n) is 2.44.